The number of fused-ring (bicyclic) bond motifs is 1. The van der Waals surface area contributed by atoms with Gasteiger partial charge in [0.2, 0.25) is 5.91 Å². The van der Waals surface area contributed by atoms with Crippen LogP contribution in [0.25, 0.3) is 0 Å². The van der Waals surface area contributed by atoms with Crippen LogP contribution in [0.2, 0.25) is 0 Å². The number of hydrogen-bond donors (Lipinski definition) is 1. The van der Waals surface area contributed by atoms with Crippen molar-refractivity contribution in [3.8, 4) is 0 Å². The van der Waals surface area contributed by atoms with Crippen LogP contribution in [-0.2, 0) is 16.0 Å². The van der Waals surface area contributed by atoms with Crippen LogP contribution in [0.5, 0.6) is 0 Å². The Morgan fingerprint density at radius 3 is 2.95 bits per heavy atom. The van der Waals surface area contributed by atoms with Crippen molar-refractivity contribution in [2.75, 3.05) is 20.2 Å². The Morgan fingerprint density at radius 2 is 2.18 bits per heavy atom. The fraction of sp³-hybridized carbons (Fsp3) is 0.611. The van der Waals surface area contributed by atoms with Crippen LogP contribution in [0.3, 0.4) is 0 Å². The minimum atomic E-state index is -0.248. The molecule has 0 saturated heterocycles. The average Bonchev–Trinajstić information content (AvgIpc) is 2.93. The summed E-state index contributed by atoms with van der Waals surface area (Å²) in [5, 5.41) is 9.91. The number of aliphatic hydroxyl groups is 1. The molecule has 3 atom stereocenters. The lowest BCUT2D eigenvalue weighted by molar-refractivity contribution is -0.134. The van der Waals surface area contributed by atoms with Crippen molar-refractivity contribution in [1.82, 2.24) is 4.90 Å². The second-order valence-electron chi connectivity index (χ2n) is 6.54. The molecule has 4 heteroatoms. The normalized spacial score (nSPS) is 27.5. The molecule has 120 valence electrons. The molecule has 3 rings (SSSR count). The molecule has 1 aromatic carbocycles. The van der Waals surface area contributed by atoms with Crippen molar-refractivity contribution in [2.45, 2.75) is 44.3 Å². The highest BCUT2D eigenvalue weighted by Crippen LogP contribution is 2.31. The molecule has 1 amide bonds. The van der Waals surface area contributed by atoms with Gasteiger partial charge in [-0.25, -0.2) is 0 Å². The first-order valence-corrected chi connectivity index (χ1v) is 8.26. The fourth-order valence-electron chi connectivity index (χ4n) is 3.64. The molecular formula is C18H25NO3. The number of ether oxygens (including phenoxy) is 1. The van der Waals surface area contributed by atoms with Gasteiger partial charge in [0.1, 0.15) is 0 Å². The van der Waals surface area contributed by atoms with E-state index in [9.17, 15) is 9.90 Å². The number of amides is 1. The number of rotatable bonds is 4. The molecule has 22 heavy (non-hydrogen) atoms. The number of carbonyl (C=O) groups excluding carboxylic acids is 1. The van der Waals surface area contributed by atoms with Crippen molar-refractivity contribution in [1.29, 1.82) is 0 Å². The lowest BCUT2D eigenvalue weighted by Gasteiger charge is -2.28. The molecule has 0 radical (unpaired) electrons. The van der Waals surface area contributed by atoms with Gasteiger partial charge in [0, 0.05) is 19.5 Å². The summed E-state index contributed by atoms with van der Waals surface area (Å²) in [4.78, 5) is 14.2. The molecule has 0 aromatic heterocycles. The second kappa shape index (κ2) is 6.80. The molecule has 1 aromatic rings. The van der Waals surface area contributed by atoms with Crippen LogP contribution >= 0.6 is 0 Å². The van der Waals surface area contributed by atoms with Crippen LogP contribution in [0.1, 0.15) is 42.9 Å². The number of carbonyl (C=O) groups is 1. The topological polar surface area (TPSA) is 49.8 Å². The van der Waals surface area contributed by atoms with Crippen molar-refractivity contribution in [2.24, 2.45) is 5.92 Å². The van der Waals surface area contributed by atoms with E-state index in [0.29, 0.717) is 19.6 Å². The summed E-state index contributed by atoms with van der Waals surface area (Å²) in [5.74, 6) is 0.328. The van der Waals surface area contributed by atoms with Crippen LogP contribution in [-0.4, -0.2) is 42.2 Å². The van der Waals surface area contributed by atoms with Gasteiger partial charge < -0.3 is 14.7 Å². The summed E-state index contributed by atoms with van der Waals surface area (Å²) in [6, 6.07) is 8.22. The number of nitrogens with zero attached hydrogens (tertiary/aromatic N) is 1. The molecule has 2 aliphatic rings. The van der Waals surface area contributed by atoms with Gasteiger partial charge in [-0.1, -0.05) is 30.7 Å². The Bertz CT molecular complexity index is 531. The third kappa shape index (κ3) is 3.33. The Morgan fingerprint density at radius 1 is 1.36 bits per heavy atom. The van der Waals surface area contributed by atoms with E-state index in [1.54, 1.807) is 4.90 Å². The Balaban J connectivity index is 1.60. The van der Waals surface area contributed by atoms with Crippen LogP contribution in [0.4, 0.5) is 0 Å². The maximum atomic E-state index is 12.5. The van der Waals surface area contributed by atoms with E-state index in [1.807, 2.05) is 19.2 Å². The molecule has 0 bridgehead atoms. The van der Waals surface area contributed by atoms with Crippen LogP contribution < -0.4 is 0 Å². The zero-order chi connectivity index (χ0) is 15.5. The van der Waals surface area contributed by atoms with E-state index in [-0.39, 0.29) is 24.0 Å². The van der Waals surface area contributed by atoms with Gasteiger partial charge in [-0.2, -0.15) is 0 Å². The fourth-order valence-corrected chi connectivity index (χ4v) is 3.64. The van der Waals surface area contributed by atoms with Crippen molar-refractivity contribution in [3.63, 3.8) is 0 Å². The smallest absolute Gasteiger partial charge is 0.225 e. The third-order valence-electron chi connectivity index (χ3n) is 5.01. The molecule has 0 spiro atoms. The van der Waals surface area contributed by atoms with Gasteiger partial charge in [-0.15, -0.1) is 0 Å². The highest BCUT2D eigenvalue weighted by molar-refractivity contribution is 5.76. The van der Waals surface area contributed by atoms with Crippen molar-refractivity contribution >= 4 is 5.91 Å². The largest absolute Gasteiger partial charge is 0.393 e. The first-order valence-electron chi connectivity index (χ1n) is 8.26. The van der Waals surface area contributed by atoms with Crippen molar-refractivity contribution in [3.05, 3.63) is 35.4 Å². The van der Waals surface area contributed by atoms with E-state index in [2.05, 4.69) is 12.1 Å². The molecule has 1 fully saturated rings. The van der Waals surface area contributed by atoms with E-state index >= 15 is 0 Å². The van der Waals surface area contributed by atoms with E-state index in [1.165, 1.54) is 5.56 Å². The molecule has 3 unspecified atom stereocenters. The Hall–Kier alpha value is -1.39. The van der Waals surface area contributed by atoms with Crippen LogP contribution in [0.15, 0.2) is 24.3 Å². The third-order valence-corrected chi connectivity index (χ3v) is 5.01. The average molecular weight is 303 g/mol. The van der Waals surface area contributed by atoms with Gasteiger partial charge in [0.25, 0.3) is 0 Å². The second-order valence-corrected chi connectivity index (χ2v) is 6.54. The maximum absolute atomic E-state index is 12.5. The van der Waals surface area contributed by atoms with Gasteiger partial charge in [0.15, 0.2) is 0 Å². The summed E-state index contributed by atoms with van der Waals surface area (Å²) in [7, 11) is 1.84. The molecule has 1 N–H and O–H groups in total. The van der Waals surface area contributed by atoms with Gasteiger partial charge in [-0.05, 0) is 30.4 Å². The molecule has 1 saturated carbocycles. The number of aliphatic hydroxyl groups excluding tert-OH is 1. The predicted molar refractivity (Wildman–Crippen MR) is 84.4 cm³/mol. The van der Waals surface area contributed by atoms with E-state index in [4.69, 9.17) is 4.74 Å². The molecular weight excluding hydrogens is 278 g/mol. The summed E-state index contributed by atoms with van der Waals surface area (Å²) >= 11 is 0. The molecule has 1 aliphatic carbocycles. The monoisotopic (exact) mass is 303 g/mol. The number of benzene rings is 1. The first kappa shape index (κ1) is 15.5. The first-order chi connectivity index (χ1) is 10.6. The predicted octanol–water partition coefficient (Wildman–Crippen LogP) is 2.31. The lowest BCUT2D eigenvalue weighted by Crippen LogP contribution is -2.35. The zero-order valence-corrected chi connectivity index (χ0v) is 13.2. The highest BCUT2D eigenvalue weighted by Gasteiger charge is 2.29. The summed E-state index contributed by atoms with van der Waals surface area (Å²) in [5.41, 5.74) is 2.44. The van der Waals surface area contributed by atoms with E-state index < -0.39 is 0 Å². The molecule has 1 aliphatic heterocycles. The van der Waals surface area contributed by atoms with Gasteiger partial charge in [-0.3, -0.25) is 4.79 Å². The summed E-state index contributed by atoms with van der Waals surface area (Å²) in [6.45, 7) is 1.33. The molecule has 1 heterocycles. The quantitative estimate of drug-likeness (QED) is 0.928. The van der Waals surface area contributed by atoms with Crippen molar-refractivity contribution < 1.29 is 14.6 Å². The Kier molecular flexibility index (Phi) is 4.79. The highest BCUT2D eigenvalue weighted by atomic mass is 16.5. The van der Waals surface area contributed by atoms with E-state index in [0.717, 1.165) is 31.2 Å². The SMILES string of the molecule is CN(CC1CCCC1O)C(=O)CC1OCCc2ccccc21. The minimum absolute atomic E-state index is 0.0980. The van der Waals surface area contributed by atoms with Crippen LogP contribution in [0, 0.1) is 5.92 Å². The standard InChI is InChI=1S/C18H25NO3/c1-19(12-14-6-4-8-16(14)20)18(21)11-17-15-7-3-2-5-13(15)9-10-22-17/h2-3,5,7,14,16-17,20H,4,6,8-12H2,1H3. The molecule has 4 nitrogen and oxygen atoms in total. The van der Waals surface area contributed by atoms with Gasteiger partial charge >= 0.3 is 0 Å². The Labute approximate surface area is 132 Å². The minimum Gasteiger partial charge on any atom is -0.393 e. The summed E-state index contributed by atoms with van der Waals surface area (Å²) in [6.07, 6.45) is 3.87. The number of hydrogen-bond acceptors (Lipinski definition) is 3. The zero-order valence-electron chi connectivity index (χ0n) is 13.2. The van der Waals surface area contributed by atoms with Gasteiger partial charge in [0.05, 0.1) is 25.2 Å². The maximum Gasteiger partial charge on any atom is 0.225 e. The summed E-state index contributed by atoms with van der Waals surface area (Å²) < 4.78 is 5.82. The lowest BCUT2D eigenvalue weighted by atomic mass is 9.95.